The predicted molar refractivity (Wildman–Crippen MR) is 98.3 cm³/mol. The summed E-state index contributed by atoms with van der Waals surface area (Å²) in [4.78, 5) is 36.2. The van der Waals surface area contributed by atoms with Gasteiger partial charge in [-0.1, -0.05) is 36.4 Å². The lowest BCUT2D eigenvalue weighted by Crippen LogP contribution is -2.33. The average molecular weight is 368 g/mol. The fourth-order valence-electron chi connectivity index (χ4n) is 2.89. The van der Waals surface area contributed by atoms with Gasteiger partial charge in [0.25, 0.3) is 11.8 Å². The first-order chi connectivity index (χ1) is 13.0. The van der Waals surface area contributed by atoms with Crippen LogP contribution in [0.1, 0.15) is 34.8 Å². The van der Waals surface area contributed by atoms with Gasteiger partial charge in [-0.15, -0.1) is 0 Å². The molecule has 2 amide bonds. The van der Waals surface area contributed by atoms with Crippen molar-refractivity contribution < 1.29 is 24.2 Å². The molecule has 27 heavy (non-hydrogen) atoms. The number of carbonyl (C=O) groups is 3. The Labute approximate surface area is 156 Å². The van der Waals surface area contributed by atoms with Crippen LogP contribution < -0.4 is 10.6 Å². The third-order valence-electron chi connectivity index (χ3n) is 4.27. The molecule has 0 aromatic heterocycles. The van der Waals surface area contributed by atoms with Crippen molar-refractivity contribution in [1.82, 2.24) is 5.32 Å². The smallest absolute Gasteiger partial charge is 0.330 e. The Morgan fingerprint density at radius 1 is 1.07 bits per heavy atom. The molecule has 1 aliphatic rings. The summed E-state index contributed by atoms with van der Waals surface area (Å²) in [5.41, 5.74) is 1.18. The number of hydrogen-bond donors (Lipinski definition) is 3. The van der Waals surface area contributed by atoms with Gasteiger partial charge in [0.1, 0.15) is 6.10 Å². The Kier molecular flexibility index (Phi) is 5.83. The van der Waals surface area contributed by atoms with Crippen molar-refractivity contribution in [3.05, 3.63) is 65.7 Å². The van der Waals surface area contributed by atoms with Crippen molar-refractivity contribution in [2.24, 2.45) is 0 Å². The van der Waals surface area contributed by atoms with Crippen LogP contribution in [0.4, 0.5) is 5.69 Å². The minimum absolute atomic E-state index is 0.252. The van der Waals surface area contributed by atoms with E-state index in [9.17, 15) is 19.5 Å². The first-order valence-corrected chi connectivity index (χ1v) is 8.66. The largest absolute Gasteiger partial charge is 0.479 e. The van der Waals surface area contributed by atoms with Gasteiger partial charge in [0.15, 0.2) is 6.04 Å². The maximum atomic E-state index is 12.5. The summed E-state index contributed by atoms with van der Waals surface area (Å²) in [5, 5.41) is 14.7. The molecule has 1 unspecified atom stereocenters. The molecule has 1 heterocycles. The molecular weight excluding hydrogens is 348 g/mol. The standard InChI is InChI=1S/C20H20N2O5/c23-18(22-17(20(25)26)13-6-2-1-3-7-13)14-8-4-9-15(12-14)21-19(24)16-10-5-11-27-16/h1-4,6-9,12,16-17H,5,10-11H2,(H,21,24)(H,22,23)(H,25,26)/t16?,17-/m0/s1. The lowest BCUT2D eigenvalue weighted by molar-refractivity contribution is -0.139. The maximum Gasteiger partial charge on any atom is 0.330 e. The molecule has 0 aliphatic carbocycles. The summed E-state index contributed by atoms with van der Waals surface area (Å²) < 4.78 is 5.34. The molecule has 1 saturated heterocycles. The quantitative estimate of drug-likeness (QED) is 0.726. The van der Waals surface area contributed by atoms with E-state index in [2.05, 4.69) is 10.6 Å². The Morgan fingerprint density at radius 3 is 2.52 bits per heavy atom. The van der Waals surface area contributed by atoms with E-state index in [4.69, 9.17) is 4.74 Å². The van der Waals surface area contributed by atoms with E-state index in [0.717, 1.165) is 6.42 Å². The summed E-state index contributed by atoms with van der Waals surface area (Å²) in [5.74, 6) is -1.95. The van der Waals surface area contributed by atoms with Gasteiger partial charge in [-0.2, -0.15) is 0 Å². The maximum absolute atomic E-state index is 12.5. The van der Waals surface area contributed by atoms with Gasteiger partial charge in [-0.25, -0.2) is 4.79 Å². The predicted octanol–water partition coefficient (Wildman–Crippen LogP) is 2.36. The van der Waals surface area contributed by atoms with E-state index in [1.165, 1.54) is 6.07 Å². The van der Waals surface area contributed by atoms with Gasteiger partial charge in [-0.3, -0.25) is 9.59 Å². The highest BCUT2D eigenvalue weighted by Crippen LogP contribution is 2.18. The number of hydrogen-bond acceptors (Lipinski definition) is 4. The second kappa shape index (κ2) is 8.46. The number of nitrogens with one attached hydrogen (secondary N) is 2. The summed E-state index contributed by atoms with van der Waals surface area (Å²) >= 11 is 0. The van der Waals surface area contributed by atoms with Crippen molar-refractivity contribution in [3.8, 4) is 0 Å². The molecule has 3 rings (SSSR count). The molecule has 2 atom stereocenters. The second-order valence-electron chi connectivity index (χ2n) is 6.23. The second-order valence-corrected chi connectivity index (χ2v) is 6.23. The normalized spacial score (nSPS) is 17.1. The molecule has 1 fully saturated rings. The van der Waals surface area contributed by atoms with E-state index >= 15 is 0 Å². The van der Waals surface area contributed by atoms with Gasteiger partial charge in [0.2, 0.25) is 0 Å². The topological polar surface area (TPSA) is 105 Å². The molecule has 7 nitrogen and oxygen atoms in total. The molecule has 1 aliphatic heterocycles. The van der Waals surface area contributed by atoms with Crippen LogP contribution in [0.2, 0.25) is 0 Å². The van der Waals surface area contributed by atoms with Crippen LogP contribution in [-0.2, 0) is 14.3 Å². The molecule has 0 saturated carbocycles. The van der Waals surface area contributed by atoms with Crippen LogP contribution in [0.25, 0.3) is 0 Å². The van der Waals surface area contributed by atoms with Gasteiger partial charge >= 0.3 is 5.97 Å². The molecule has 2 aromatic carbocycles. The highest BCUT2D eigenvalue weighted by atomic mass is 16.5. The third-order valence-corrected chi connectivity index (χ3v) is 4.27. The van der Waals surface area contributed by atoms with Crippen molar-refractivity contribution >= 4 is 23.5 Å². The Morgan fingerprint density at radius 2 is 1.85 bits per heavy atom. The van der Waals surface area contributed by atoms with Gasteiger partial charge in [0.05, 0.1) is 0 Å². The molecule has 2 aromatic rings. The van der Waals surface area contributed by atoms with Crippen LogP contribution in [0.15, 0.2) is 54.6 Å². The lowest BCUT2D eigenvalue weighted by atomic mass is 10.1. The van der Waals surface area contributed by atoms with Crippen molar-refractivity contribution in [1.29, 1.82) is 0 Å². The van der Waals surface area contributed by atoms with Crippen molar-refractivity contribution in [2.45, 2.75) is 25.0 Å². The van der Waals surface area contributed by atoms with Gasteiger partial charge in [-0.05, 0) is 36.6 Å². The summed E-state index contributed by atoms with van der Waals surface area (Å²) in [6, 6.07) is 13.6. The van der Waals surface area contributed by atoms with Crippen LogP contribution in [-0.4, -0.2) is 35.6 Å². The Hall–Kier alpha value is -3.19. The summed E-state index contributed by atoms with van der Waals surface area (Å²) in [7, 11) is 0. The fraction of sp³-hybridized carbons (Fsp3) is 0.250. The number of carbonyl (C=O) groups excluding carboxylic acids is 2. The molecule has 0 bridgehead atoms. The highest BCUT2D eigenvalue weighted by molar-refractivity contribution is 5.99. The number of ether oxygens (including phenoxy) is 1. The average Bonchev–Trinajstić information content (AvgIpc) is 3.21. The monoisotopic (exact) mass is 368 g/mol. The fourth-order valence-corrected chi connectivity index (χ4v) is 2.89. The molecule has 3 N–H and O–H groups in total. The first-order valence-electron chi connectivity index (χ1n) is 8.66. The van der Waals surface area contributed by atoms with E-state index in [1.54, 1.807) is 48.5 Å². The minimum atomic E-state index is -1.16. The van der Waals surface area contributed by atoms with Crippen LogP contribution in [0, 0.1) is 0 Å². The van der Waals surface area contributed by atoms with Crippen LogP contribution in [0.5, 0.6) is 0 Å². The summed E-state index contributed by atoms with van der Waals surface area (Å²) in [6.07, 6.45) is 1.04. The zero-order valence-corrected chi connectivity index (χ0v) is 14.6. The first kappa shape index (κ1) is 18.6. The number of carboxylic acid groups (broad SMARTS) is 1. The van der Waals surface area contributed by atoms with Crippen molar-refractivity contribution in [2.75, 3.05) is 11.9 Å². The molecule has 0 radical (unpaired) electrons. The number of aliphatic carboxylic acids is 1. The van der Waals surface area contributed by atoms with E-state index in [-0.39, 0.29) is 11.5 Å². The van der Waals surface area contributed by atoms with Crippen LogP contribution in [0.3, 0.4) is 0 Å². The number of amides is 2. The molecule has 140 valence electrons. The minimum Gasteiger partial charge on any atom is -0.479 e. The van der Waals surface area contributed by atoms with E-state index in [0.29, 0.717) is 24.3 Å². The van der Waals surface area contributed by atoms with E-state index < -0.39 is 24.0 Å². The Bertz CT molecular complexity index is 831. The third kappa shape index (κ3) is 4.71. The molecule has 0 spiro atoms. The zero-order chi connectivity index (χ0) is 19.2. The SMILES string of the molecule is O=C(N[C@H](C(=O)O)c1ccccc1)c1cccc(NC(=O)C2CCCO2)c1. The number of rotatable bonds is 6. The van der Waals surface area contributed by atoms with E-state index in [1.807, 2.05) is 0 Å². The molecule has 7 heteroatoms. The number of carboxylic acids is 1. The zero-order valence-electron chi connectivity index (χ0n) is 14.6. The molecular formula is C20H20N2O5. The summed E-state index contributed by atoms with van der Waals surface area (Å²) in [6.45, 7) is 0.566. The lowest BCUT2D eigenvalue weighted by Gasteiger charge is -2.15. The Balaban J connectivity index is 1.70. The van der Waals surface area contributed by atoms with Crippen molar-refractivity contribution in [3.63, 3.8) is 0 Å². The van der Waals surface area contributed by atoms with Gasteiger partial charge in [0, 0.05) is 17.9 Å². The van der Waals surface area contributed by atoms with Crippen LogP contribution >= 0.6 is 0 Å². The van der Waals surface area contributed by atoms with Gasteiger partial charge < -0.3 is 20.5 Å². The highest BCUT2D eigenvalue weighted by Gasteiger charge is 2.25. The number of anilines is 1. The number of benzene rings is 2.